The van der Waals surface area contributed by atoms with Gasteiger partial charge >= 0.3 is 0 Å². The molecule has 0 aliphatic rings. The minimum atomic E-state index is -3.30. The average Bonchev–Trinajstić information content (AvgIpc) is 2.13. The second kappa shape index (κ2) is 5.25. The predicted molar refractivity (Wildman–Crippen MR) is 71.3 cm³/mol. The molecule has 1 rings (SSSR count). The van der Waals surface area contributed by atoms with Gasteiger partial charge < -0.3 is 0 Å². The normalized spacial score (nSPS) is 14.2. The summed E-state index contributed by atoms with van der Waals surface area (Å²) >= 11 is 0. The molecule has 0 spiro atoms. The Kier molecular flexibility index (Phi) is 4.36. The van der Waals surface area contributed by atoms with E-state index in [4.69, 9.17) is 0 Å². The van der Waals surface area contributed by atoms with E-state index in [2.05, 4.69) is 9.44 Å². The summed E-state index contributed by atoms with van der Waals surface area (Å²) in [6, 6.07) is 6.12. The average molecular weight is 292 g/mol. The van der Waals surface area contributed by atoms with E-state index in [0.717, 1.165) is 18.1 Å². The molecular formula is C10H16N2O4S2. The fourth-order valence-electron chi connectivity index (χ4n) is 1.44. The van der Waals surface area contributed by atoms with Gasteiger partial charge in [0, 0.05) is 11.7 Å². The first kappa shape index (κ1) is 14.9. The molecule has 102 valence electrons. The molecular weight excluding hydrogens is 276 g/mol. The van der Waals surface area contributed by atoms with Crippen LogP contribution in [0.4, 0.5) is 5.69 Å². The summed E-state index contributed by atoms with van der Waals surface area (Å²) in [5.74, 6) is 0. The summed E-state index contributed by atoms with van der Waals surface area (Å²) in [4.78, 5) is 0. The van der Waals surface area contributed by atoms with Gasteiger partial charge in [-0.15, -0.1) is 0 Å². The summed E-state index contributed by atoms with van der Waals surface area (Å²) in [6.45, 7) is 1.71. The van der Waals surface area contributed by atoms with Gasteiger partial charge in [-0.25, -0.2) is 21.6 Å². The fourth-order valence-corrected chi connectivity index (χ4v) is 2.79. The molecule has 0 unspecified atom stereocenters. The van der Waals surface area contributed by atoms with Gasteiger partial charge in [0.25, 0.3) is 0 Å². The lowest BCUT2D eigenvalue weighted by molar-refractivity contribution is 0.573. The Bertz CT molecular complexity index is 606. The van der Waals surface area contributed by atoms with Crippen LogP contribution in [0.3, 0.4) is 0 Å². The minimum absolute atomic E-state index is 0.368. The Hall–Kier alpha value is -1.12. The lowest BCUT2D eigenvalue weighted by Crippen LogP contribution is -2.25. The van der Waals surface area contributed by atoms with Gasteiger partial charge in [-0.1, -0.05) is 12.1 Å². The first-order valence-electron chi connectivity index (χ1n) is 5.12. The fraction of sp³-hybridized carbons (Fsp3) is 0.400. The molecule has 2 N–H and O–H groups in total. The van der Waals surface area contributed by atoms with Crippen molar-refractivity contribution in [3.8, 4) is 0 Å². The molecule has 8 heteroatoms. The molecule has 18 heavy (non-hydrogen) atoms. The molecule has 0 amide bonds. The topological polar surface area (TPSA) is 92.3 Å². The third kappa shape index (κ3) is 5.48. The van der Waals surface area contributed by atoms with Crippen LogP contribution in [0.1, 0.15) is 18.5 Å². The Labute approximate surface area is 108 Å². The van der Waals surface area contributed by atoms with E-state index in [1.807, 2.05) is 0 Å². The van der Waals surface area contributed by atoms with Crippen molar-refractivity contribution in [3.05, 3.63) is 29.8 Å². The molecule has 0 saturated carbocycles. The van der Waals surface area contributed by atoms with E-state index in [0.29, 0.717) is 5.69 Å². The Morgan fingerprint density at radius 3 is 1.83 bits per heavy atom. The van der Waals surface area contributed by atoms with Crippen LogP contribution in [0.25, 0.3) is 0 Å². The van der Waals surface area contributed by atoms with Crippen molar-refractivity contribution in [2.45, 2.75) is 13.0 Å². The maximum absolute atomic E-state index is 11.1. The number of anilines is 1. The number of sulfonamides is 2. The van der Waals surface area contributed by atoms with Crippen LogP contribution in [-0.4, -0.2) is 29.3 Å². The van der Waals surface area contributed by atoms with E-state index in [1.54, 1.807) is 31.2 Å². The maximum atomic E-state index is 11.1. The standard InChI is InChI=1S/C10H16N2O4S2/c1-8(11-17(2,13)14)9-4-6-10(7-5-9)12-18(3,15)16/h4-8,11-12H,1-3H3/t8-/m1/s1. The quantitative estimate of drug-likeness (QED) is 0.834. The number of benzene rings is 1. The van der Waals surface area contributed by atoms with Gasteiger partial charge in [0.2, 0.25) is 20.0 Å². The van der Waals surface area contributed by atoms with Crippen molar-refractivity contribution in [1.29, 1.82) is 0 Å². The Balaban J connectivity index is 2.83. The zero-order valence-corrected chi connectivity index (χ0v) is 12.0. The number of hydrogen-bond acceptors (Lipinski definition) is 4. The first-order valence-corrected chi connectivity index (χ1v) is 8.90. The minimum Gasteiger partial charge on any atom is -0.284 e. The molecule has 0 heterocycles. The van der Waals surface area contributed by atoms with Crippen molar-refractivity contribution >= 4 is 25.7 Å². The lowest BCUT2D eigenvalue weighted by Gasteiger charge is -2.13. The van der Waals surface area contributed by atoms with Gasteiger partial charge in [-0.3, -0.25) is 4.72 Å². The third-order valence-corrected chi connectivity index (χ3v) is 3.49. The molecule has 0 aliphatic carbocycles. The second-order valence-electron chi connectivity index (χ2n) is 4.11. The van der Waals surface area contributed by atoms with Gasteiger partial charge in [0.05, 0.1) is 12.5 Å². The molecule has 1 aromatic rings. The maximum Gasteiger partial charge on any atom is 0.229 e. The van der Waals surface area contributed by atoms with Crippen molar-refractivity contribution in [1.82, 2.24) is 4.72 Å². The monoisotopic (exact) mass is 292 g/mol. The predicted octanol–water partition coefficient (Wildman–Crippen LogP) is 0.668. The zero-order chi connectivity index (χ0) is 14.0. The highest BCUT2D eigenvalue weighted by Crippen LogP contribution is 2.17. The molecule has 1 atom stereocenters. The number of rotatable bonds is 5. The van der Waals surface area contributed by atoms with Crippen LogP contribution in [-0.2, 0) is 20.0 Å². The van der Waals surface area contributed by atoms with Gasteiger partial charge in [-0.2, -0.15) is 0 Å². The highest BCUT2D eigenvalue weighted by molar-refractivity contribution is 7.92. The van der Waals surface area contributed by atoms with Crippen LogP contribution >= 0.6 is 0 Å². The van der Waals surface area contributed by atoms with Crippen LogP contribution in [0, 0.1) is 0 Å². The summed E-state index contributed by atoms with van der Waals surface area (Å²) in [7, 11) is -6.57. The summed E-state index contributed by atoms with van der Waals surface area (Å²) < 4.78 is 48.9. The van der Waals surface area contributed by atoms with E-state index in [-0.39, 0.29) is 6.04 Å². The highest BCUT2D eigenvalue weighted by Gasteiger charge is 2.11. The molecule has 6 nitrogen and oxygen atoms in total. The van der Waals surface area contributed by atoms with Gasteiger partial charge in [0.1, 0.15) is 0 Å². The zero-order valence-electron chi connectivity index (χ0n) is 10.3. The van der Waals surface area contributed by atoms with Crippen molar-refractivity contribution in [2.24, 2.45) is 0 Å². The SMILES string of the molecule is C[C@@H](NS(C)(=O)=O)c1ccc(NS(C)(=O)=O)cc1. The summed E-state index contributed by atoms with van der Waals surface area (Å²) in [5.41, 5.74) is 1.19. The van der Waals surface area contributed by atoms with Crippen molar-refractivity contribution in [3.63, 3.8) is 0 Å². The number of hydrogen-bond donors (Lipinski definition) is 2. The van der Waals surface area contributed by atoms with E-state index < -0.39 is 20.0 Å². The van der Waals surface area contributed by atoms with Crippen LogP contribution in [0.2, 0.25) is 0 Å². The Morgan fingerprint density at radius 2 is 1.44 bits per heavy atom. The molecule has 0 fully saturated rings. The molecule has 0 saturated heterocycles. The van der Waals surface area contributed by atoms with Crippen molar-refractivity contribution in [2.75, 3.05) is 17.2 Å². The molecule has 1 aromatic carbocycles. The van der Waals surface area contributed by atoms with E-state index >= 15 is 0 Å². The van der Waals surface area contributed by atoms with Crippen LogP contribution in [0.15, 0.2) is 24.3 Å². The first-order chi connectivity index (χ1) is 8.07. The van der Waals surface area contributed by atoms with Gasteiger partial charge in [-0.05, 0) is 24.6 Å². The molecule has 0 aromatic heterocycles. The lowest BCUT2D eigenvalue weighted by atomic mass is 10.1. The van der Waals surface area contributed by atoms with Crippen LogP contribution < -0.4 is 9.44 Å². The largest absolute Gasteiger partial charge is 0.284 e. The smallest absolute Gasteiger partial charge is 0.229 e. The molecule has 0 aliphatic heterocycles. The summed E-state index contributed by atoms with van der Waals surface area (Å²) in [5, 5.41) is 0. The van der Waals surface area contributed by atoms with Gasteiger partial charge in [0.15, 0.2) is 0 Å². The van der Waals surface area contributed by atoms with E-state index in [9.17, 15) is 16.8 Å². The van der Waals surface area contributed by atoms with E-state index in [1.165, 1.54) is 0 Å². The third-order valence-electron chi connectivity index (χ3n) is 2.10. The summed E-state index contributed by atoms with van der Waals surface area (Å²) in [6.07, 6.45) is 2.15. The molecule has 0 radical (unpaired) electrons. The number of nitrogens with one attached hydrogen (secondary N) is 2. The Morgan fingerprint density at radius 1 is 0.944 bits per heavy atom. The van der Waals surface area contributed by atoms with Crippen molar-refractivity contribution < 1.29 is 16.8 Å². The molecule has 0 bridgehead atoms. The second-order valence-corrected chi connectivity index (χ2v) is 7.64. The highest BCUT2D eigenvalue weighted by atomic mass is 32.2. The van der Waals surface area contributed by atoms with Crippen LogP contribution in [0.5, 0.6) is 0 Å².